The number of halogens is 1. The van der Waals surface area contributed by atoms with E-state index in [-0.39, 0.29) is 17.7 Å². The topological polar surface area (TPSA) is 46.8 Å². The first kappa shape index (κ1) is 14.7. The van der Waals surface area contributed by atoms with Gasteiger partial charge in [0, 0.05) is 34.0 Å². The smallest absolute Gasteiger partial charge is 0.255 e. The highest BCUT2D eigenvalue weighted by Crippen LogP contribution is 2.32. The summed E-state index contributed by atoms with van der Waals surface area (Å²) in [6.07, 6.45) is 5.22. The van der Waals surface area contributed by atoms with Crippen LogP contribution in [0.15, 0.2) is 47.2 Å². The lowest BCUT2D eigenvalue weighted by Gasteiger charge is -2.34. The first-order chi connectivity index (χ1) is 13.8. The third kappa shape index (κ3) is 4.23. The van der Waals surface area contributed by atoms with Gasteiger partial charge in [0.05, 0.1) is 18.2 Å². The van der Waals surface area contributed by atoms with Crippen molar-refractivity contribution < 1.29 is 13.6 Å². The molecule has 1 aliphatic carbocycles. The number of carbonyl (C=O) groups excluding carboxylic acids is 1. The summed E-state index contributed by atoms with van der Waals surface area (Å²) in [4.78, 5) is 21.2. The molecule has 134 valence electrons. The van der Waals surface area contributed by atoms with E-state index < -0.39 is 12.9 Å². The van der Waals surface area contributed by atoms with Gasteiger partial charge in [-0.05, 0) is 49.9 Å². The first-order valence-electron chi connectivity index (χ1n) is 9.87. The van der Waals surface area contributed by atoms with Crippen LogP contribution in [-0.4, -0.2) is 34.9 Å². The van der Waals surface area contributed by atoms with E-state index >= 15 is 0 Å². The molecule has 1 amide bonds. The van der Waals surface area contributed by atoms with E-state index in [1.54, 1.807) is 36.5 Å². The van der Waals surface area contributed by atoms with Crippen LogP contribution in [0.3, 0.4) is 0 Å². The minimum absolute atomic E-state index is 0.0658. The van der Waals surface area contributed by atoms with Gasteiger partial charge in [-0.2, -0.15) is 0 Å². The number of carbonyl (C=O) groups is 1. The van der Waals surface area contributed by atoms with Crippen molar-refractivity contribution >= 4 is 27.5 Å². The molecule has 0 unspecified atom stereocenters. The second-order valence-electron chi connectivity index (χ2n) is 6.19. The molecular weight excluding hydrogens is 394 g/mol. The van der Waals surface area contributed by atoms with Crippen molar-refractivity contribution in [2.45, 2.75) is 37.8 Å². The number of hydrogen-bond acceptors (Lipinski definition) is 3. The third-order valence-corrected chi connectivity index (χ3v) is 5.11. The molecule has 0 spiro atoms. The van der Waals surface area contributed by atoms with Crippen molar-refractivity contribution in [3.8, 4) is 5.75 Å². The summed E-state index contributed by atoms with van der Waals surface area (Å²) in [5.74, 6) is 0.132. The number of pyridine rings is 1. The second kappa shape index (κ2) is 8.33. The normalized spacial score (nSPS) is 21.6. The molecule has 6 heteroatoms. The largest absolute Gasteiger partial charge is 0.491 e. The van der Waals surface area contributed by atoms with Crippen LogP contribution in [0, 0.1) is 6.57 Å². The number of benzene rings is 1. The van der Waals surface area contributed by atoms with Crippen molar-refractivity contribution in [3.63, 3.8) is 0 Å². The van der Waals surface area contributed by atoms with Crippen LogP contribution >= 0.6 is 15.9 Å². The number of ether oxygens (including phenoxy) is 1. The summed E-state index contributed by atoms with van der Waals surface area (Å²) in [7, 11) is 0. The highest BCUT2D eigenvalue weighted by Gasteiger charge is 2.28. The lowest BCUT2D eigenvalue weighted by atomic mass is 9.91. The van der Waals surface area contributed by atoms with Gasteiger partial charge in [-0.25, -0.2) is 4.85 Å². The van der Waals surface area contributed by atoms with Crippen molar-refractivity contribution in [1.29, 1.82) is 0 Å². The lowest BCUT2D eigenvalue weighted by Crippen LogP contribution is -2.41. The number of hydrogen-bond donors (Lipinski definition) is 0. The zero-order valence-electron chi connectivity index (χ0n) is 17.1. The van der Waals surface area contributed by atoms with E-state index in [1.165, 1.54) is 6.20 Å². The molecule has 0 radical (unpaired) electrons. The summed E-state index contributed by atoms with van der Waals surface area (Å²) in [5.41, 5.74) is 0.787. The van der Waals surface area contributed by atoms with Crippen LogP contribution in [-0.2, 0) is 0 Å². The Morgan fingerprint density at radius 1 is 1.38 bits per heavy atom. The van der Waals surface area contributed by atoms with Crippen molar-refractivity contribution in [2.24, 2.45) is 0 Å². The quantitative estimate of drug-likeness (QED) is 0.668. The van der Waals surface area contributed by atoms with Gasteiger partial charge in [0.1, 0.15) is 5.75 Å². The zero-order valence-corrected chi connectivity index (χ0v) is 15.6. The highest BCUT2D eigenvalue weighted by atomic mass is 79.9. The maximum atomic E-state index is 12.8. The molecule has 2 aromatic rings. The molecule has 0 N–H and O–H groups in total. The fourth-order valence-electron chi connectivity index (χ4n) is 3.06. The predicted octanol–water partition coefficient (Wildman–Crippen LogP) is 4.86. The summed E-state index contributed by atoms with van der Waals surface area (Å²) < 4.78 is 30.2. The predicted molar refractivity (Wildman–Crippen MR) is 103 cm³/mol. The van der Waals surface area contributed by atoms with E-state index in [2.05, 4.69) is 25.8 Å². The molecule has 1 aromatic heterocycles. The third-order valence-electron chi connectivity index (χ3n) is 4.48. The van der Waals surface area contributed by atoms with Gasteiger partial charge in [-0.15, -0.1) is 0 Å². The van der Waals surface area contributed by atoms with E-state index in [1.807, 2.05) is 0 Å². The standard InChI is InChI=1S/C20H20BrN3O2/c1-22-19-10-9-17(12-18(19)21)26-16-7-5-15(6-8-16)24(2)20(25)14-4-3-11-23-13-14/h3-4,9-13,15-16H,5-8H2,2H3/i2D3. The van der Waals surface area contributed by atoms with Crippen LogP contribution in [0.1, 0.15) is 40.2 Å². The second-order valence-corrected chi connectivity index (χ2v) is 7.04. The van der Waals surface area contributed by atoms with E-state index in [0.717, 1.165) is 4.90 Å². The van der Waals surface area contributed by atoms with Crippen LogP contribution < -0.4 is 4.74 Å². The minimum Gasteiger partial charge on any atom is -0.491 e. The molecular formula is C20H20BrN3O2. The van der Waals surface area contributed by atoms with E-state index in [4.69, 9.17) is 15.4 Å². The molecule has 0 atom stereocenters. The van der Waals surface area contributed by atoms with Gasteiger partial charge in [-0.1, -0.05) is 22.0 Å². The molecule has 1 saturated carbocycles. The number of rotatable bonds is 4. The number of aromatic nitrogens is 1. The SMILES string of the molecule is [2H]C([2H])([2H])N(C(=O)c1cccnc1)C1CCC(Oc2ccc([N+]#[C-])c(Br)c2)CC1. The summed E-state index contributed by atoms with van der Waals surface area (Å²) >= 11 is 3.36. The van der Waals surface area contributed by atoms with Crippen molar-refractivity contribution in [3.05, 3.63) is 64.2 Å². The Morgan fingerprint density at radius 2 is 2.19 bits per heavy atom. The van der Waals surface area contributed by atoms with Crippen LogP contribution in [0.2, 0.25) is 0 Å². The number of amides is 1. The number of nitrogens with zero attached hydrogens (tertiary/aromatic N) is 3. The van der Waals surface area contributed by atoms with Crippen molar-refractivity contribution in [2.75, 3.05) is 6.98 Å². The fraction of sp³-hybridized carbons (Fsp3) is 0.350. The Balaban J connectivity index is 1.66. The van der Waals surface area contributed by atoms with Gasteiger partial charge in [0.25, 0.3) is 5.91 Å². The molecule has 5 nitrogen and oxygen atoms in total. The molecule has 1 aliphatic rings. The lowest BCUT2D eigenvalue weighted by molar-refractivity contribution is 0.0609. The summed E-state index contributed by atoms with van der Waals surface area (Å²) in [6, 6.07) is 8.03. The molecule has 1 aromatic carbocycles. The fourth-order valence-corrected chi connectivity index (χ4v) is 3.51. The van der Waals surface area contributed by atoms with Crippen molar-refractivity contribution in [1.82, 2.24) is 9.88 Å². The van der Waals surface area contributed by atoms with Crippen LogP contribution in [0.5, 0.6) is 5.75 Å². The molecule has 0 saturated heterocycles. The summed E-state index contributed by atoms with van der Waals surface area (Å²) in [6.45, 7) is 4.57. The molecule has 1 fully saturated rings. The molecule has 0 bridgehead atoms. The Hall–Kier alpha value is -2.39. The highest BCUT2D eigenvalue weighted by molar-refractivity contribution is 9.10. The Labute approximate surface area is 166 Å². The molecule has 3 rings (SSSR count). The molecule has 0 aliphatic heterocycles. The Bertz CT molecular complexity index is 907. The van der Waals surface area contributed by atoms with Crippen LogP contribution in [0.25, 0.3) is 4.85 Å². The van der Waals surface area contributed by atoms with E-state index in [0.29, 0.717) is 41.6 Å². The average molecular weight is 417 g/mol. The Kier molecular flexibility index (Phi) is 4.72. The minimum atomic E-state index is -2.52. The Morgan fingerprint density at radius 3 is 2.81 bits per heavy atom. The van der Waals surface area contributed by atoms with Gasteiger partial charge in [-0.3, -0.25) is 9.78 Å². The average Bonchev–Trinajstić information content (AvgIpc) is 2.69. The van der Waals surface area contributed by atoms with Gasteiger partial charge in [0.2, 0.25) is 5.69 Å². The van der Waals surface area contributed by atoms with Gasteiger partial charge >= 0.3 is 0 Å². The maximum Gasteiger partial charge on any atom is 0.255 e. The van der Waals surface area contributed by atoms with Crippen LogP contribution in [0.4, 0.5) is 5.69 Å². The monoisotopic (exact) mass is 416 g/mol. The van der Waals surface area contributed by atoms with Gasteiger partial charge < -0.3 is 9.64 Å². The first-order valence-corrected chi connectivity index (χ1v) is 9.16. The van der Waals surface area contributed by atoms with E-state index in [9.17, 15) is 4.79 Å². The summed E-state index contributed by atoms with van der Waals surface area (Å²) in [5, 5.41) is 0. The molecule has 1 heterocycles. The zero-order chi connectivity index (χ0) is 21.0. The maximum absolute atomic E-state index is 12.8. The molecule has 26 heavy (non-hydrogen) atoms. The van der Waals surface area contributed by atoms with Gasteiger partial charge in [0.15, 0.2) is 0 Å².